The van der Waals surface area contributed by atoms with Gasteiger partial charge in [-0.05, 0) is 29.8 Å². The van der Waals surface area contributed by atoms with Gasteiger partial charge in [-0.25, -0.2) is 9.37 Å². The summed E-state index contributed by atoms with van der Waals surface area (Å²) in [5.74, 6) is 0.498. The minimum absolute atomic E-state index is 0.326. The molecule has 2 nitrogen and oxygen atoms in total. The molecule has 0 spiro atoms. The van der Waals surface area contributed by atoms with Gasteiger partial charge in [0.2, 0.25) is 0 Å². The van der Waals surface area contributed by atoms with E-state index in [-0.39, 0.29) is 5.82 Å². The first-order chi connectivity index (χ1) is 8.72. The van der Waals surface area contributed by atoms with Crippen molar-refractivity contribution in [2.24, 2.45) is 0 Å². The molecule has 0 aliphatic rings. The number of halogens is 2. The maximum Gasteiger partial charge on any atom is 0.124 e. The monoisotopic (exact) mass is 260 g/mol. The van der Waals surface area contributed by atoms with Gasteiger partial charge in [-0.15, -0.1) is 0 Å². The first-order valence-corrected chi connectivity index (χ1v) is 5.98. The topological polar surface area (TPSA) is 28.7 Å². The van der Waals surface area contributed by atoms with Crippen LogP contribution < -0.4 is 0 Å². The highest BCUT2D eigenvalue weighted by molar-refractivity contribution is 6.31. The highest BCUT2D eigenvalue weighted by Gasteiger charge is 2.07. The predicted octanol–water partition coefficient (Wildman–Crippen LogP) is 3.95. The van der Waals surface area contributed by atoms with Crippen LogP contribution in [0.15, 0.2) is 42.5 Å². The number of hydrogen-bond donors (Lipinski definition) is 1. The highest BCUT2D eigenvalue weighted by atomic mass is 35.5. The van der Waals surface area contributed by atoms with Crippen LogP contribution in [0, 0.1) is 5.82 Å². The summed E-state index contributed by atoms with van der Waals surface area (Å²) < 4.78 is 12.9. The fourth-order valence-electron chi connectivity index (χ4n) is 1.93. The zero-order valence-corrected chi connectivity index (χ0v) is 10.2. The maximum atomic E-state index is 12.9. The number of aromatic nitrogens is 2. The van der Waals surface area contributed by atoms with Crippen molar-refractivity contribution in [2.45, 2.75) is 6.42 Å². The summed E-state index contributed by atoms with van der Waals surface area (Å²) in [4.78, 5) is 7.69. The minimum atomic E-state index is -0.326. The Hall–Kier alpha value is -1.87. The number of aromatic amines is 1. The van der Waals surface area contributed by atoms with Gasteiger partial charge in [0.05, 0.1) is 11.0 Å². The van der Waals surface area contributed by atoms with Gasteiger partial charge in [0, 0.05) is 11.4 Å². The van der Waals surface area contributed by atoms with Crippen LogP contribution in [-0.4, -0.2) is 9.97 Å². The Morgan fingerprint density at radius 3 is 2.78 bits per heavy atom. The molecule has 0 aliphatic carbocycles. The number of imidazole rings is 1. The third-order valence-electron chi connectivity index (χ3n) is 2.81. The van der Waals surface area contributed by atoms with E-state index in [9.17, 15) is 4.39 Å². The standard InChI is InChI=1S/C14H10ClFN2/c15-11-8-10(16)6-5-9(11)7-14-17-12-3-1-2-4-13(12)18-14/h1-6,8H,7H2,(H,17,18). The maximum absolute atomic E-state index is 12.9. The van der Waals surface area contributed by atoms with Crippen molar-refractivity contribution in [3.8, 4) is 0 Å². The smallest absolute Gasteiger partial charge is 0.124 e. The molecule has 1 aromatic heterocycles. The fourth-order valence-corrected chi connectivity index (χ4v) is 2.17. The summed E-state index contributed by atoms with van der Waals surface area (Å²) in [7, 11) is 0. The molecule has 0 bridgehead atoms. The molecule has 90 valence electrons. The molecule has 3 aromatic rings. The van der Waals surface area contributed by atoms with Crippen molar-refractivity contribution in [3.63, 3.8) is 0 Å². The van der Waals surface area contributed by atoms with Gasteiger partial charge in [0.25, 0.3) is 0 Å². The van der Waals surface area contributed by atoms with Crippen LogP contribution in [0.25, 0.3) is 11.0 Å². The van der Waals surface area contributed by atoms with Crippen molar-refractivity contribution in [2.75, 3.05) is 0 Å². The second-order valence-corrected chi connectivity index (χ2v) is 4.52. The number of nitrogens with one attached hydrogen (secondary N) is 1. The Kier molecular flexibility index (Phi) is 2.76. The molecule has 1 heterocycles. The van der Waals surface area contributed by atoms with Crippen molar-refractivity contribution < 1.29 is 4.39 Å². The minimum Gasteiger partial charge on any atom is -0.342 e. The van der Waals surface area contributed by atoms with E-state index in [4.69, 9.17) is 11.6 Å². The number of H-pyrrole nitrogens is 1. The zero-order chi connectivity index (χ0) is 12.5. The van der Waals surface area contributed by atoms with Crippen molar-refractivity contribution in [3.05, 3.63) is 64.7 Å². The van der Waals surface area contributed by atoms with Crippen molar-refractivity contribution in [1.29, 1.82) is 0 Å². The number of benzene rings is 2. The Morgan fingerprint density at radius 1 is 1.17 bits per heavy atom. The lowest BCUT2D eigenvalue weighted by molar-refractivity contribution is 0.627. The van der Waals surface area contributed by atoms with Gasteiger partial charge in [0.1, 0.15) is 11.6 Å². The molecular formula is C14H10ClFN2. The largest absolute Gasteiger partial charge is 0.342 e. The summed E-state index contributed by atoms with van der Waals surface area (Å²) in [6.07, 6.45) is 0.563. The molecule has 0 atom stereocenters. The molecule has 0 fully saturated rings. The van der Waals surface area contributed by atoms with Crippen molar-refractivity contribution >= 4 is 22.6 Å². The lowest BCUT2D eigenvalue weighted by Gasteiger charge is -2.01. The van der Waals surface area contributed by atoms with Crippen LogP contribution in [0.3, 0.4) is 0 Å². The van der Waals surface area contributed by atoms with Crippen LogP contribution in [0.5, 0.6) is 0 Å². The molecule has 18 heavy (non-hydrogen) atoms. The van der Waals surface area contributed by atoms with E-state index in [1.807, 2.05) is 24.3 Å². The first-order valence-electron chi connectivity index (χ1n) is 5.60. The summed E-state index contributed by atoms with van der Waals surface area (Å²) >= 11 is 6.00. The Labute approximate surface area is 108 Å². The Morgan fingerprint density at radius 2 is 2.00 bits per heavy atom. The van der Waals surface area contributed by atoms with E-state index < -0.39 is 0 Å². The van der Waals surface area contributed by atoms with E-state index in [0.717, 1.165) is 22.4 Å². The van der Waals surface area contributed by atoms with Gasteiger partial charge >= 0.3 is 0 Å². The molecule has 0 aliphatic heterocycles. The van der Waals surface area contributed by atoms with Crippen LogP contribution in [0.2, 0.25) is 5.02 Å². The number of hydrogen-bond acceptors (Lipinski definition) is 1. The SMILES string of the molecule is Fc1ccc(Cc2nc3ccccc3[nH]2)c(Cl)c1. The second kappa shape index (κ2) is 4.42. The fraction of sp³-hybridized carbons (Fsp3) is 0.0714. The van der Waals surface area contributed by atoms with Crippen LogP contribution in [0.1, 0.15) is 11.4 Å². The van der Waals surface area contributed by atoms with Crippen LogP contribution in [-0.2, 0) is 6.42 Å². The molecule has 0 saturated carbocycles. The summed E-state index contributed by atoms with van der Waals surface area (Å²) in [6.45, 7) is 0. The molecule has 2 aromatic carbocycles. The lowest BCUT2D eigenvalue weighted by atomic mass is 10.1. The lowest BCUT2D eigenvalue weighted by Crippen LogP contribution is -1.92. The first kappa shape index (κ1) is 11.2. The van der Waals surface area contributed by atoms with E-state index in [1.165, 1.54) is 12.1 Å². The zero-order valence-electron chi connectivity index (χ0n) is 9.45. The van der Waals surface area contributed by atoms with Gasteiger partial charge in [-0.3, -0.25) is 0 Å². The van der Waals surface area contributed by atoms with E-state index in [1.54, 1.807) is 6.07 Å². The van der Waals surface area contributed by atoms with E-state index in [2.05, 4.69) is 9.97 Å². The molecule has 4 heteroatoms. The van der Waals surface area contributed by atoms with Gasteiger partial charge in [0.15, 0.2) is 0 Å². The molecule has 1 N–H and O–H groups in total. The average Bonchev–Trinajstić information content (AvgIpc) is 2.75. The molecule has 0 unspecified atom stereocenters. The quantitative estimate of drug-likeness (QED) is 0.743. The molecule has 3 rings (SSSR count). The molecular weight excluding hydrogens is 251 g/mol. The summed E-state index contributed by atoms with van der Waals surface area (Å²) in [5.41, 5.74) is 2.77. The van der Waals surface area contributed by atoms with Crippen LogP contribution in [0.4, 0.5) is 4.39 Å². The summed E-state index contributed by atoms with van der Waals surface area (Å²) in [6, 6.07) is 12.2. The number of nitrogens with zero attached hydrogens (tertiary/aromatic N) is 1. The number of fused-ring (bicyclic) bond motifs is 1. The molecule has 0 saturated heterocycles. The number of rotatable bonds is 2. The van der Waals surface area contributed by atoms with Gasteiger partial charge < -0.3 is 4.98 Å². The average molecular weight is 261 g/mol. The van der Waals surface area contributed by atoms with E-state index >= 15 is 0 Å². The van der Waals surface area contributed by atoms with Crippen molar-refractivity contribution in [1.82, 2.24) is 9.97 Å². The van der Waals surface area contributed by atoms with Crippen LogP contribution >= 0.6 is 11.6 Å². The molecule has 0 amide bonds. The highest BCUT2D eigenvalue weighted by Crippen LogP contribution is 2.20. The third kappa shape index (κ3) is 2.09. The van der Waals surface area contributed by atoms with Gasteiger partial charge in [-0.1, -0.05) is 29.8 Å². The Balaban J connectivity index is 1.96. The van der Waals surface area contributed by atoms with Gasteiger partial charge in [-0.2, -0.15) is 0 Å². The third-order valence-corrected chi connectivity index (χ3v) is 3.16. The summed E-state index contributed by atoms with van der Waals surface area (Å²) in [5, 5.41) is 0.426. The number of para-hydroxylation sites is 2. The van der Waals surface area contributed by atoms with E-state index in [0.29, 0.717) is 11.4 Å². The second-order valence-electron chi connectivity index (χ2n) is 4.11. The molecule has 0 radical (unpaired) electrons. The normalized spacial score (nSPS) is 11.0. The Bertz CT molecular complexity index is 673. The predicted molar refractivity (Wildman–Crippen MR) is 70.3 cm³/mol.